The summed E-state index contributed by atoms with van der Waals surface area (Å²) in [5, 5.41) is 10.8. The zero-order chi connectivity index (χ0) is 21.4. The van der Waals surface area contributed by atoms with Gasteiger partial charge in [0.15, 0.2) is 0 Å². The number of aryl methyl sites for hydroxylation is 1. The van der Waals surface area contributed by atoms with Gasteiger partial charge in [0.2, 0.25) is 0 Å². The molecule has 0 bridgehead atoms. The minimum Gasteiger partial charge on any atom is -0.550 e. The number of rotatable bonds is 17. The van der Waals surface area contributed by atoms with Crippen LogP contribution in [0.3, 0.4) is 0 Å². The van der Waals surface area contributed by atoms with Crippen molar-refractivity contribution in [1.82, 2.24) is 4.57 Å². The second-order valence-electron chi connectivity index (χ2n) is 8.43. The lowest BCUT2D eigenvalue weighted by molar-refractivity contribution is -0.695. The van der Waals surface area contributed by atoms with Crippen molar-refractivity contribution in [1.29, 1.82) is 0 Å². The van der Waals surface area contributed by atoms with Gasteiger partial charge in [-0.05, 0) is 24.8 Å². The lowest BCUT2D eigenvalue weighted by Crippen LogP contribution is -2.38. The third kappa shape index (κ3) is 9.60. The first-order valence-corrected chi connectivity index (χ1v) is 12.0. The van der Waals surface area contributed by atoms with Crippen LogP contribution in [-0.2, 0) is 24.3 Å². The first-order chi connectivity index (χ1) is 14.7. The Morgan fingerprint density at radius 2 is 1.53 bits per heavy atom. The Kier molecular flexibility index (Phi) is 11.9. The minimum absolute atomic E-state index is 0.120. The molecule has 0 amide bonds. The molecule has 4 heteroatoms. The number of nitrogens with zero attached hydrogens (tertiary/aromatic N) is 2. The molecule has 1 aromatic heterocycles. The summed E-state index contributed by atoms with van der Waals surface area (Å²) in [6.07, 6.45) is 19.4. The Balaban J connectivity index is 1.80. The van der Waals surface area contributed by atoms with Crippen LogP contribution in [0.4, 0.5) is 0 Å². The number of carboxylic acid groups (broad SMARTS) is 1. The van der Waals surface area contributed by atoms with Crippen LogP contribution in [0, 0.1) is 0 Å². The third-order valence-electron chi connectivity index (χ3n) is 5.82. The number of aromatic nitrogens is 2. The minimum atomic E-state index is -0.962. The van der Waals surface area contributed by atoms with E-state index < -0.39 is 5.97 Å². The number of benzene rings is 1. The molecular formula is C26H40N2O2. The number of carboxylic acids is 1. The van der Waals surface area contributed by atoms with Gasteiger partial charge in [0.05, 0.1) is 6.54 Å². The molecule has 1 heterocycles. The zero-order valence-corrected chi connectivity index (χ0v) is 18.9. The smallest absolute Gasteiger partial charge is 0.256 e. The average molecular weight is 413 g/mol. The molecule has 0 atom stereocenters. The summed E-state index contributed by atoms with van der Waals surface area (Å²) in [4.78, 5) is 10.8. The molecule has 2 aromatic rings. The van der Waals surface area contributed by atoms with Crippen LogP contribution in [0.25, 0.3) is 0 Å². The first kappa shape index (κ1) is 24.2. The van der Waals surface area contributed by atoms with Gasteiger partial charge < -0.3 is 9.90 Å². The van der Waals surface area contributed by atoms with Crippen molar-refractivity contribution in [2.75, 3.05) is 0 Å². The molecule has 0 fully saturated rings. The van der Waals surface area contributed by atoms with Crippen molar-refractivity contribution in [2.24, 2.45) is 0 Å². The van der Waals surface area contributed by atoms with Crippen LogP contribution in [0.15, 0.2) is 42.7 Å². The monoisotopic (exact) mass is 412 g/mol. The van der Waals surface area contributed by atoms with E-state index in [0.29, 0.717) is 6.42 Å². The summed E-state index contributed by atoms with van der Waals surface area (Å²) in [6, 6.07) is 10.5. The topological polar surface area (TPSA) is 48.9 Å². The average Bonchev–Trinajstić information content (AvgIpc) is 3.11. The Hall–Kier alpha value is -2.10. The second kappa shape index (κ2) is 14.8. The lowest BCUT2D eigenvalue weighted by atomic mass is 10.1. The molecule has 0 aliphatic heterocycles. The summed E-state index contributed by atoms with van der Waals surface area (Å²) in [6.45, 7) is 3.87. The molecule has 0 aliphatic carbocycles. The third-order valence-corrected chi connectivity index (χ3v) is 5.82. The van der Waals surface area contributed by atoms with Gasteiger partial charge in [-0.2, -0.15) is 0 Å². The molecule has 2 rings (SSSR count). The molecule has 166 valence electrons. The van der Waals surface area contributed by atoms with Crippen molar-refractivity contribution >= 4 is 5.97 Å². The largest absolute Gasteiger partial charge is 0.550 e. The van der Waals surface area contributed by atoms with Gasteiger partial charge in [-0.15, -0.1) is 0 Å². The number of hydrogen-bond acceptors (Lipinski definition) is 2. The summed E-state index contributed by atoms with van der Waals surface area (Å²) in [5.41, 5.74) is 1.29. The second-order valence-corrected chi connectivity index (χ2v) is 8.43. The van der Waals surface area contributed by atoms with Gasteiger partial charge in [-0.25, -0.2) is 9.13 Å². The predicted octanol–water partition coefficient (Wildman–Crippen LogP) is 4.82. The maximum absolute atomic E-state index is 10.8. The van der Waals surface area contributed by atoms with Crippen molar-refractivity contribution in [3.8, 4) is 0 Å². The number of imidazole rings is 1. The number of hydrogen-bond donors (Lipinski definition) is 0. The van der Waals surface area contributed by atoms with Crippen LogP contribution >= 0.6 is 0 Å². The molecule has 0 saturated heterocycles. The lowest BCUT2D eigenvalue weighted by Gasteiger charge is -2.07. The zero-order valence-electron chi connectivity index (χ0n) is 18.9. The molecule has 4 nitrogen and oxygen atoms in total. The molecule has 0 unspecified atom stereocenters. The van der Waals surface area contributed by atoms with Gasteiger partial charge in [0.25, 0.3) is 5.82 Å². The SMILES string of the molecule is CCCCCCCCCCCCc1n(CCCC(=O)[O-])cc[n+]1Cc1ccccc1. The van der Waals surface area contributed by atoms with E-state index >= 15 is 0 Å². The number of carbonyl (C=O) groups is 1. The molecule has 0 aliphatic rings. The summed E-state index contributed by atoms with van der Waals surface area (Å²) < 4.78 is 4.56. The summed E-state index contributed by atoms with van der Waals surface area (Å²) >= 11 is 0. The van der Waals surface area contributed by atoms with Crippen molar-refractivity contribution in [3.63, 3.8) is 0 Å². The van der Waals surface area contributed by atoms with E-state index in [1.54, 1.807) is 0 Å². The standard InChI is InChI=1S/C26H40N2O2/c1-2-3-4-5-6-7-8-9-10-14-18-25-27(20-15-19-26(29)30)21-22-28(25)23-24-16-12-11-13-17-24/h11-13,16-17,21-22H,2-10,14-15,18-20,23H2,1H3. The van der Waals surface area contributed by atoms with Gasteiger partial charge in [0.1, 0.15) is 18.9 Å². The Bertz CT molecular complexity index is 709. The molecular weight excluding hydrogens is 372 g/mol. The highest BCUT2D eigenvalue weighted by Crippen LogP contribution is 2.12. The molecule has 0 spiro atoms. The predicted molar refractivity (Wildman–Crippen MR) is 120 cm³/mol. The van der Waals surface area contributed by atoms with Gasteiger partial charge in [-0.3, -0.25) is 0 Å². The number of carbonyl (C=O) groups excluding carboxylic acids is 1. The van der Waals surface area contributed by atoms with E-state index in [0.717, 1.165) is 19.5 Å². The Labute approximate surface area is 182 Å². The highest BCUT2D eigenvalue weighted by atomic mass is 16.4. The van der Waals surface area contributed by atoms with Crippen molar-refractivity contribution in [2.45, 2.75) is 103 Å². The summed E-state index contributed by atoms with van der Waals surface area (Å²) in [7, 11) is 0. The van der Waals surface area contributed by atoms with Crippen molar-refractivity contribution in [3.05, 3.63) is 54.1 Å². The Morgan fingerprint density at radius 1 is 0.900 bits per heavy atom. The van der Waals surface area contributed by atoms with Crippen LogP contribution in [0.5, 0.6) is 0 Å². The van der Waals surface area contributed by atoms with Crippen LogP contribution in [0.1, 0.15) is 95.4 Å². The fraction of sp³-hybridized carbons (Fsp3) is 0.615. The summed E-state index contributed by atoms with van der Waals surface area (Å²) in [5.74, 6) is 0.340. The van der Waals surface area contributed by atoms with Crippen LogP contribution in [-0.4, -0.2) is 10.5 Å². The van der Waals surface area contributed by atoms with Crippen LogP contribution in [0.2, 0.25) is 0 Å². The maximum Gasteiger partial charge on any atom is 0.256 e. The Morgan fingerprint density at radius 3 is 2.17 bits per heavy atom. The highest BCUT2D eigenvalue weighted by molar-refractivity contribution is 5.64. The fourth-order valence-electron chi connectivity index (χ4n) is 4.08. The molecule has 1 aromatic carbocycles. The molecule has 0 radical (unpaired) electrons. The van der Waals surface area contributed by atoms with E-state index in [2.05, 4.69) is 52.7 Å². The van der Waals surface area contributed by atoms with E-state index in [1.807, 2.05) is 6.07 Å². The van der Waals surface area contributed by atoms with Crippen molar-refractivity contribution < 1.29 is 14.5 Å². The molecule has 30 heavy (non-hydrogen) atoms. The fourth-order valence-corrected chi connectivity index (χ4v) is 4.08. The van der Waals surface area contributed by atoms with Gasteiger partial charge >= 0.3 is 0 Å². The normalized spacial score (nSPS) is 11.1. The van der Waals surface area contributed by atoms with E-state index in [9.17, 15) is 9.90 Å². The van der Waals surface area contributed by atoms with Gasteiger partial charge in [0, 0.05) is 12.4 Å². The highest BCUT2D eigenvalue weighted by Gasteiger charge is 2.17. The molecule has 0 N–H and O–H groups in total. The van der Waals surface area contributed by atoms with E-state index in [4.69, 9.17) is 0 Å². The van der Waals surface area contributed by atoms with E-state index in [-0.39, 0.29) is 6.42 Å². The first-order valence-electron chi connectivity index (χ1n) is 12.0. The maximum atomic E-state index is 10.8. The van der Waals surface area contributed by atoms with E-state index in [1.165, 1.54) is 75.6 Å². The van der Waals surface area contributed by atoms with Crippen LogP contribution < -0.4 is 9.67 Å². The molecule has 0 saturated carbocycles. The number of aliphatic carboxylic acids is 1. The van der Waals surface area contributed by atoms with Gasteiger partial charge in [-0.1, -0.05) is 95.0 Å². The quantitative estimate of drug-likeness (QED) is 0.276. The number of unbranched alkanes of at least 4 members (excludes halogenated alkanes) is 9.